The molecule has 0 unspecified atom stereocenters. The topological polar surface area (TPSA) is 78.7 Å². The molecule has 0 N–H and O–H groups in total. The first kappa shape index (κ1) is 15.8. The van der Waals surface area contributed by atoms with Crippen LogP contribution in [0.1, 0.15) is 10.4 Å². The van der Waals surface area contributed by atoms with Crippen molar-refractivity contribution in [2.24, 2.45) is 0 Å². The highest BCUT2D eigenvalue weighted by molar-refractivity contribution is 6.67. The van der Waals surface area contributed by atoms with Gasteiger partial charge in [0.15, 0.2) is 11.5 Å². The summed E-state index contributed by atoms with van der Waals surface area (Å²) in [5.41, 5.74) is 0.890. The number of carbonyl (C=O) groups is 1. The van der Waals surface area contributed by atoms with Gasteiger partial charge in [0.2, 0.25) is 0 Å². The lowest BCUT2D eigenvalue weighted by Gasteiger charge is -2.11. The Bertz CT molecular complexity index is 745. The summed E-state index contributed by atoms with van der Waals surface area (Å²) in [5, 5.41) is 10.7. The molecule has 0 aliphatic rings. The third kappa shape index (κ3) is 3.01. The molecule has 6 nitrogen and oxygen atoms in total. The molecular weight excluding hydrogens is 310 g/mol. The Balaban J connectivity index is 2.70. The highest BCUT2D eigenvalue weighted by Gasteiger charge is 2.21. The molecule has 22 heavy (non-hydrogen) atoms. The van der Waals surface area contributed by atoms with Gasteiger partial charge < -0.3 is 9.47 Å². The number of rotatable bonds is 5. The smallest absolute Gasteiger partial charge is 0.281 e. The summed E-state index contributed by atoms with van der Waals surface area (Å²) in [6.45, 7) is 0. The maximum Gasteiger partial charge on any atom is 0.281 e. The fraction of sp³-hybridized carbons (Fsp3) is 0.133. The van der Waals surface area contributed by atoms with Crippen LogP contribution in [0.3, 0.4) is 0 Å². The number of methoxy groups -OCH3 is 2. The zero-order chi connectivity index (χ0) is 16.3. The van der Waals surface area contributed by atoms with Gasteiger partial charge in [-0.2, -0.15) is 0 Å². The van der Waals surface area contributed by atoms with Crippen molar-refractivity contribution >= 4 is 22.5 Å². The third-order valence-corrected chi connectivity index (χ3v) is 3.32. The highest BCUT2D eigenvalue weighted by atomic mass is 35.5. The average Bonchev–Trinajstić information content (AvgIpc) is 2.53. The molecule has 0 aromatic heterocycles. The standard InChI is InChI=1S/C15H12ClNO5/c1-21-13-7-11(12(17(19)20)8-14(13)22-2)9-4-3-5-10(6-9)15(16)18/h3-8H,1-2H3. The number of nitro groups is 1. The maximum absolute atomic E-state index is 11.3. The van der Waals surface area contributed by atoms with Crippen LogP contribution < -0.4 is 9.47 Å². The van der Waals surface area contributed by atoms with Crippen LogP contribution in [0.15, 0.2) is 36.4 Å². The van der Waals surface area contributed by atoms with Crippen LogP contribution in [0.2, 0.25) is 0 Å². The van der Waals surface area contributed by atoms with E-state index >= 15 is 0 Å². The molecule has 0 saturated heterocycles. The fourth-order valence-corrected chi connectivity index (χ4v) is 2.18. The SMILES string of the molecule is COc1cc(-c2cccc(C(=O)Cl)c2)c([N+](=O)[O-])cc1OC. The largest absolute Gasteiger partial charge is 0.493 e. The van der Waals surface area contributed by atoms with E-state index in [1.807, 2.05) is 0 Å². The molecule has 114 valence electrons. The number of hydrogen-bond acceptors (Lipinski definition) is 5. The summed E-state index contributed by atoms with van der Waals surface area (Å²) < 4.78 is 10.2. The Morgan fingerprint density at radius 1 is 1.14 bits per heavy atom. The lowest BCUT2D eigenvalue weighted by Crippen LogP contribution is -1.97. The first-order valence-corrected chi connectivity index (χ1v) is 6.56. The van der Waals surface area contributed by atoms with E-state index in [1.54, 1.807) is 12.1 Å². The van der Waals surface area contributed by atoms with Gasteiger partial charge in [0.25, 0.3) is 10.9 Å². The number of nitro benzene ring substituents is 1. The van der Waals surface area contributed by atoms with E-state index in [2.05, 4.69) is 0 Å². The van der Waals surface area contributed by atoms with Crippen molar-refractivity contribution in [2.75, 3.05) is 14.2 Å². The number of benzene rings is 2. The minimum atomic E-state index is -0.634. The van der Waals surface area contributed by atoms with Gasteiger partial charge in [-0.15, -0.1) is 0 Å². The van der Waals surface area contributed by atoms with E-state index in [0.29, 0.717) is 16.9 Å². The van der Waals surface area contributed by atoms with E-state index < -0.39 is 10.2 Å². The number of carbonyl (C=O) groups excluding carboxylic acids is 1. The molecule has 0 saturated carbocycles. The second-order valence-corrected chi connectivity index (χ2v) is 4.68. The zero-order valence-corrected chi connectivity index (χ0v) is 12.6. The van der Waals surface area contributed by atoms with Gasteiger partial charge in [0.05, 0.1) is 30.8 Å². The fourth-order valence-electron chi connectivity index (χ4n) is 2.06. The summed E-state index contributed by atoms with van der Waals surface area (Å²) in [5.74, 6) is 0.605. The molecule has 2 aromatic rings. The minimum Gasteiger partial charge on any atom is -0.493 e. The maximum atomic E-state index is 11.3. The molecule has 0 radical (unpaired) electrons. The van der Waals surface area contributed by atoms with Gasteiger partial charge in [0, 0.05) is 5.56 Å². The van der Waals surface area contributed by atoms with Crippen molar-refractivity contribution in [3.05, 3.63) is 52.1 Å². The number of hydrogen-bond donors (Lipinski definition) is 0. The van der Waals surface area contributed by atoms with Crippen LogP contribution in [-0.2, 0) is 0 Å². The Morgan fingerprint density at radius 3 is 2.32 bits per heavy atom. The lowest BCUT2D eigenvalue weighted by atomic mass is 10.0. The van der Waals surface area contributed by atoms with Crippen molar-refractivity contribution in [3.8, 4) is 22.6 Å². The van der Waals surface area contributed by atoms with Crippen molar-refractivity contribution in [3.63, 3.8) is 0 Å². The van der Waals surface area contributed by atoms with Crippen LogP contribution in [-0.4, -0.2) is 24.4 Å². The lowest BCUT2D eigenvalue weighted by molar-refractivity contribution is -0.384. The summed E-state index contributed by atoms with van der Waals surface area (Å²) >= 11 is 5.45. The molecule has 0 aliphatic carbocycles. The van der Waals surface area contributed by atoms with Crippen molar-refractivity contribution in [1.29, 1.82) is 0 Å². The quantitative estimate of drug-likeness (QED) is 0.477. The van der Waals surface area contributed by atoms with Gasteiger partial charge in [-0.3, -0.25) is 14.9 Å². The van der Waals surface area contributed by atoms with E-state index in [4.69, 9.17) is 21.1 Å². The molecule has 0 fully saturated rings. The van der Waals surface area contributed by atoms with Crippen LogP contribution in [0, 0.1) is 10.1 Å². The molecule has 0 bridgehead atoms. The second-order valence-electron chi connectivity index (χ2n) is 4.34. The molecule has 0 heterocycles. The monoisotopic (exact) mass is 321 g/mol. The third-order valence-electron chi connectivity index (χ3n) is 3.10. The first-order chi connectivity index (χ1) is 10.5. The van der Waals surface area contributed by atoms with Crippen LogP contribution in [0.25, 0.3) is 11.1 Å². The molecule has 0 spiro atoms. The van der Waals surface area contributed by atoms with Crippen molar-refractivity contribution in [2.45, 2.75) is 0 Å². The van der Waals surface area contributed by atoms with Gasteiger partial charge in [-0.25, -0.2) is 0 Å². The van der Waals surface area contributed by atoms with Crippen LogP contribution >= 0.6 is 11.6 Å². The van der Waals surface area contributed by atoms with Crippen molar-refractivity contribution < 1.29 is 19.2 Å². The van der Waals surface area contributed by atoms with Crippen LogP contribution in [0.4, 0.5) is 5.69 Å². The molecule has 2 aromatic carbocycles. The minimum absolute atomic E-state index is 0.156. The van der Waals surface area contributed by atoms with Crippen molar-refractivity contribution in [1.82, 2.24) is 0 Å². The molecular formula is C15H12ClNO5. The predicted molar refractivity (Wildman–Crippen MR) is 81.8 cm³/mol. The molecule has 0 amide bonds. The van der Waals surface area contributed by atoms with Gasteiger partial charge in [-0.1, -0.05) is 18.2 Å². The summed E-state index contributed by atoms with van der Waals surface area (Å²) in [6, 6.07) is 9.05. The van der Waals surface area contributed by atoms with E-state index in [9.17, 15) is 14.9 Å². The Hall–Kier alpha value is -2.60. The normalized spacial score (nSPS) is 10.1. The molecule has 2 rings (SSSR count). The number of halogens is 1. The molecule has 0 atom stereocenters. The number of nitrogens with zero attached hydrogens (tertiary/aromatic N) is 1. The zero-order valence-electron chi connectivity index (χ0n) is 11.8. The highest BCUT2D eigenvalue weighted by Crippen LogP contribution is 2.40. The summed E-state index contributed by atoms with van der Waals surface area (Å²) in [4.78, 5) is 22.0. The molecule has 0 aliphatic heterocycles. The van der Waals surface area contributed by atoms with E-state index in [-0.39, 0.29) is 17.0 Å². The summed E-state index contributed by atoms with van der Waals surface area (Å²) in [7, 11) is 2.83. The van der Waals surface area contributed by atoms with Gasteiger partial charge in [0.1, 0.15) is 0 Å². The van der Waals surface area contributed by atoms with E-state index in [0.717, 1.165) is 0 Å². The van der Waals surface area contributed by atoms with E-state index in [1.165, 1.54) is 38.5 Å². The second kappa shape index (κ2) is 6.44. The first-order valence-electron chi connectivity index (χ1n) is 6.18. The Morgan fingerprint density at radius 2 is 1.77 bits per heavy atom. The Labute approximate surface area is 131 Å². The Kier molecular flexibility index (Phi) is 4.62. The predicted octanol–water partition coefficient (Wildman–Crippen LogP) is 3.66. The molecule has 7 heteroatoms. The summed E-state index contributed by atoms with van der Waals surface area (Å²) in [6.07, 6.45) is 0. The number of ether oxygens (including phenoxy) is 2. The van der Waals surface area contributed by atoms with Gasteiger partial charge in [-0.05, 0) is 29.3 Å². The average molecular weight is 322 g/mol. The van der Waals surface area contributed by atoms with Crippen LogP contribution in [0.5, 0.6) is 11.5 Å². The van der Waals surface area contributed by atoms with Gasteiger partial charge >= 0.3 is 0 Å².